The fraction of sp³-hybridized carbons (Fsp3) is 0.714. The number of rotatable bonds is 5. The standard InChI is InChI=1S/C14H22N2O3/c1-10-11(2)19-13(15-10)9-16-8-4-3-5-12(16)6-7-14(17)18/h12H,3-9H2,1-2H3,(H,17,18). The van der Waals surface area contributed by atoms with Crippen LogP contribution in [-0.4, -0.2) is 33.5 Å². The molecule has 2 rings (SSSR count). The fourth-order valence-corrected chi connectivity index (χ4v) is 2.67. The number of carbonyl (C=O) groups is 1. The molecule has 0 saturated carbocycles. The van der Waals surface area contributed by atoms with Gasteiger partial charge in [-0.3, -0.25) is 9.69 Å². The maximum atomic E-state index is 10.7. The van der Waals surface area contributed by atoms with Crippen LogP contribution in [0.2, 0.25) is 0 Å². The summed E-state index contributed by atoms with van der Waals surface area (Å²) in [5, 5.41) is 8.81. The number of aromatic nitrogens is 1. The maximum absolute atomic E-state index is 10.7. The molecule has 1 aromatic rings. The molecule has 5 nitrogen and oxygen atoms in total. The van der Waals surface area contributed by atoms with Gasteiger partial charge in [-0.15, -0.1) is 0 Å². The minimum Gasteiger partial charge on any atom is -0.481 e. The van der Waals surface area contributed by atoms with Crippen LogP contribution < -0.4 is 0 Å². The summed E-state index contributed by atoms with van der Waals surface area (Å²) in [6, 6.07) is 0.345. The van der Waals surface area contributed by atoms with Crippen molar-refractivity contribution in [1.82, 2.24) is 9.88 Å². The minimum absolute atomic E-state index is 0.241. The van der Waals surface area contributed by atoms with Gasteiger partial charge in [0.05, 0.1) is 12.2 Å². The zero-order valence-corrected chi connectivity index (χ0v) is 11.7. The Bertz CT molecular complexity index is 422. The van der Waals surface area contributed by atoms with Crippen molar-refractivity contribution in [3.8, 4) is 0 Å². The number of piperidine rings is 1. The highest BCUT2D eigenvalue weighted by molar-refractivity contribution is 5.66. The fourth-order valence-electron chi connectivity index (χ4n) is 2.67. The number of nitrogens with zero attached hydrogens (tertiary/aromatic N) is 2. The van der Waals surface area contributed by atoms with E-state index >= 15 is 0 Å². The molecule has 0 radical (unpaired) electrons. The molecule has 1 aromatic heterocycles. The van der Waals surface area contributed by atoms with Crippen LogP contribution in [0.4, 0.5) is 0 Å². The molecular formula is C14H22N2O3. The van der Waals surface area contributed by atoms with Crippen molar-refractivity contribution >= 4 is 5.97 Å². The average molecular weight is 266 g/mol. The Kier molecular flexibility index (Phi) is 4.58. The van der Waals surface area contributed by atoms with E-state index in [1.807, 2.05) is 13.8 Å². The number of carboxylic acids is 1. The van der Waals surface area contributed by atoms with Gasteiger partial charge in [-0.2, -0.15) is 0 Å². The predicted molar refractivity (Wildman–Crippen MR) is 70.9 cm³/mol. The molecule has 0 aromatic carbocycles. The molecule has 1 unspecified atom stereocenters. The summed E-state index contributed by atoms with van der Waals surface area (Å²) >= 11 is 0. The Morgan fingerprint density at radius 1 is 1.47 bits per heavy atom. The first-order chi connectivity index (χ1) is 9.06. The van der Waals surface area contributed by atoms with Crippen molar-refractivity contribution in [3.63, 3.8) is 0 Å². The lowest BCUT2D eigenvalue weighted by Crippen LogP contribution is -2.39. The molecule has 0 aliphatic carbocycles. The van der Waals surface area contributed by atoms with E-state index in [0.29, 0.717) is 19.0 Å². The molecule has 5 heteroatoms. The Morgan fingerprint density at radius 2 is 2.26 bits per heavy atom. The molecule has 0 bridgehead atoms. The first kappa shape index (κ1) is 14.1. The van der Waals surface area contributed by atoms with Crippen molar-refractivity contribution in [1.29, 1.82) is 0 Å². The topological polar surface area (TPSA) is 66.6 Å². The Hall–Kier alpha value is -1.36. The number of aliphatic carboxylic acids is 1. The number of aryl methyl sites for hydroxylation is 2. The van der Waals surface area contributed by atoms with Gasteiger partial charge >= 0.3 is 5.97 Å². The van der Waals surface area contributed by atoms with Crippen LogP contribution in [0.15, 0.2) is 4.42 Å². The molecular weight excluding hydrogens is 244 g/mol. The van der Waals surface area contributed by atoms with Gasteiger partial charge in [-0.25, -0.2) is 4.98 Å². The zero-order valence-electron chi connectivity index (χ0n) is 11.7. The summed E-state index contributed by atoms with van der Waals surface area (Å²) in [6.45, 7) is 5.56. The predicted octanol–water partition coefficient (Wildman–Crippen LogP) is 2.51. The number of oxazole rings is 1. The third-order valence-corrected chi connectivity index (χ3v) is 3.85. The number of hydrogen-bond acceptors (Lipinski definition) is 4. The second-order valence-corrected chi connectivity index (χ2v) is 5.30. The first-order valence-corrected chi connectivity index (χ1v) is 6.95. The van der Waals surface area contributed by atoms with Gasteiger partial charge in [0.2, 0.25) is 5.89 Å². The maximum Gasteiger partial charge on any atom is 0.303 e. The Morgan fingerprint density at radius 3 is 2.89 bits per heavy atom. The molecule has 1 aliphatic rings. The molecule has 1 atom stereocenters. The monoisotopic (exact) mass is 266 g/mol. The van der Waals surface area contributed by atoms with E-state index in [9.17, 15) is 4.79 Å². The Labute approximate surface area is 113 Å². The van der Waals surface area contributed by atoms with Gasteiger partial charge in [0.15, 0.2) is 0 Å². The van der Waals surface area contributed by atoms with E-state index < -0.39 is 5.97 Å². The lowest BCUT2D eigenvalue weighted by molar-refractivity contribution is -0.137. The van der Waals surface area contributed by atoms with E-state index in [2.05, 4.69) is 9.88 Å². The third-order valence-electron chi connectivity index (χ3n) is 3.85. The highest BCUT2D eigenvalue weighted by atomic mass is 16.4. The van der Waals surface area contributed by atoms with Crippen LogP contribution in [-0.2, 0) is 11.3 Å². The highest BCUT2D eigenvalue weighted by Crippen LogP contribution is 2.23. The minimum atomic E-state index is -0.715. The van der Waals surface area contributed by atoms with Crippen LogP contribution >= 0.6 is 0 Å². The SMILES string of the molecule is Cc1nc(CN2CCCCC2CCC(=O)O)oc1C. The molecule has 19 heavy (non-hydrogen) atoms. The summed E-state index contributed by atoms with van der Waals surface area (Å²) in [5.74, 6) is 0.902. The molecule has 1 fully saturated rings. The number of carboxylic acid groups (broad SMARTS) is 1. The summed E-state index contributed by atoms with van der Waals surface area (Å²) in [5.41, 5.74) is 0.939. The van der Waals surface area contributed by atoms with Crippen molar-refractivity contribution < 1.29 is 14.3 Å². The largest absolute Gasteiger partial charge is 0.481 e. The molecule has 1 N–H and O–H groups in total. The normalized spacial score (nSPS) is 20.6. The summed E-state index contributed by atoms with van der Waals surface area (Å²) in [4.78, 5) is 17.4. The smallest absolute Gasteiger partial charge is 0.303 e. The van der Waals surface area contributed by atoms with Crippen LogP contribution in [0.1, 0.15) is 49.4 Å². The van der Waals surface area contributed by atoms with E-state index in [1.54, 1.807) is 0 Å². The quantitative estimate of drug-likeness (QED) is 0.887. The summed E-state index contributed by atoms with van der Waals surface area (Å²) in [7, 11) is 0. The lowest BCUT2D eigenvalue weighted by Gasteiger charge is -2.34. The van der Waals surface area contributed by atoms with E-state index in [0.717, 1.165) is 30.3 Å². The van der Waals surface area contributed by atoms with Crippen molar-refractivity contribution in [2.24, 2.45) is 0 Å². The zero-order chi connectivity index (χ0) is 13.8. The second-order valence-electron chi connectivity index (χ2n) is 5.30. The highest BCUT2D eigenvalue weighted by Gasteiger charge is 2.24. The average Bonchev–Trinajstić information content (AvgIpc) is 2.67. The molecule has 106 valence electrons. The first-order valence-electron chi connectivity index (χ1n) is 6.95. The van der Waals surface area contributed by atoms with Crippen molar-refractivity contribution in [3.05, 3.63) is 17.3 Å². The molecule has 1 saturated heterocycles. The third kappa shape index (κ3) is 3.80. The van der Waals surface area contributed by atoms with Crippen molar-refractivity contribution in [2.75, 3.05) is 6.54 Å². The van der Waals surface area contributed by atoms with Crippen LogP contribution in [0, 0.1) is 13.8 Å². The molecule has 0 spiro atoms. The van der Waals surface area contributed by atoms with E-state index in [-0.39, 0.29) is 6.42 Å². The van der Waals surface area contributed by atoms with Crippen molar-refractivity contribution in [2.45, 2.75) is 58.5 Å². The van der Waals surface area contributed by atoms with E-state index in [1.165, 1.54) is 12.8 Å². The second kappa shape index (κ2) is 6.19. The van der Waals surface area contributed by atoms with Gasteiger partial charge in [0.1, 0.15) is 5.76 Å². The number of likely N-dealkylation sites (tertiary alicyclic amines) is 1. The molecule has 0 amide bonds. The lowest BCUT2D eigenvalue weighted by atomic mass is 9.98. The van der Waals surface area contributed by atoms with Gasteiger partial charge in [0.25, 0.3) is 0 Å². The number of hydrogen-bond donors (Lipinski definition) is 1. The van der Waals surface area contributed by atoms with Gasteiger partial charge in [-0.1, -0.05) is 6.42 Å². The van der Waals surface area contributed by atoms with Gasteiger partial charge in [-0.05, 0) is 39.7 Å². The van der Waals surface area contributed by atoms with Crippen LogP contribution in [0.25, 0.3) is 0 Å². The Balaban J connectivity index is 1.96. The summed E-state index contributed by atoms with van der Waals surface area (Å²) in [6.07, 6.45) is 4.39. The van der Waals surface area contributed by atoms with Gasteiger partial charge in [0, 0.05) is 12.5 Å². The van der Waals surface area contributed by atoms with Crippen LogP contribution in [0.3, 0.4) is 0 Å². The van der Waals surface area contributed by atoms with Crippen LogP contribution in [0.5, 0.6) is 0 Å². The van der Waals surface area contributed by atoms with Gasteiger partial charge < -0.3 is 9.52 Å². The molecule has 1 aliphatic heterocycles. The molecule has 2 heterocycles. The summed E-state index contributed by atoms with van der Waals surface area (Å²) < 4.78 is 5.62. The van der Waals surface area contributed by atoms with E-state index in [4.69, 9.17) is 9.52 Å².